The van der Waals surface area contributed by atoms with E-state index in [0.717, 1.165) is 5.57 Å². The van der Waals surface area contributed by atoms with E-state index in [0.29, 0.717) is 12.4 Å². The second kappa shape index (κ2) is 4.62. The van der Waals surface area contributed by atoms with Gasteiger partial charge in [-0.25, -0.2) is 4.98 Å². The molecule has 0 amide bonds. The van der Waals surface area contributed by atoms with Crippen molar-refractivity contribution in [1.82, 2.24) is 9.55 Å². The first-order chi connectivity index (χ1) is 6.54. The molecule has 0 aromatic carbocycles. The second-order valence-corrected chi connectivity index (χ2v) is 3.61. The summed E-state index contributed by atoms with van der Waals surface area (Å²) in [6.07, 6.45) is 0. The van der Waals surface area contributed by atoms with E-state index in [1.54, 1.807) is 6.92 Å². The molecule has 1 rings (SSSR count). The molecule has 0 bridgehead atoms. The molecule has 0 aliphatic carbocycles. The lowest BCUT2D eigenvalue weighted by Gasteiger charge is -2.08. The highest BCUT2D eigenvalue weighted by molar-refractivity contribution is 6.29. The SMILES string of the molecule is C/C(=C\Cl)Cn1c(C)nc(Cl)cc1=O. The quantitative estimate of drug-likeness (QED) is 0.735. The van der Waals surface area contributed by atoms with Crippen LogP contribution < -0.4 is 5.56 Å². The normalized spacial score (nSPS) is 11.9. The highest BCUT2D eigenvalue weighted by Crippen LogP contribution is 2.04. The number of hydrogen-bond acceptors (Lipinski definition) is 2. The highest BCUT2D eigenvalue weighted by Gasteiger charge is 2.03. The number of allylic oxidation sites excluding steroid dienone is 1. The van der Waals surface area contributed by atoms with Crippen molar-refractivity contribution < 1.29 is 0 Å². The summed E-state index contributed by atoms with van der Waals surface area (Å²) in [6.45, 7) is 4.01. The molecule has 14 heavy (non-hydrogen) atoms. The zero-order chi connectivity index (χ0) is 10.7. The van der Waals surface area contributed by atoms with Crippen LogP contribution in [0.25, 0.3) is 0 Å². The molecular formula is C9H10Cl2N2O. The van der Waals surface area contributed by atoms with Gasteiger partial charge in [-0.1, -0.05) is 23.2 Å². The Kier molecular flexibility index (Phi) is 3.72. The summed E-state index contributed by atoms with van der Waals surface area (Å²) in [4.78, 5) is 15.5. The number of hydrogen-bond donors (Lipinski definition) is 0. The lowest BCUT2D eigenvalue weighted by Crippen LogP contribution is -2.23. The molecule has 1 aromatic rings. The van der Waals surface area contributed by atoms with Gasteiger partial charge in [-0.05, 0) is 19.4 Å². The van der Waals surface area contributed by atoms with Crippen molar-refractivity contribution in [1.29, 1.82) is 0 Å². The van der Waals surface area contributed by atoms with Gasteiger partial charge in [-0.2, -0.15) is 0 Å². The van der Waals surface area contributed by atoms with Gasteiger partial charge in [-0.15, -0.1) is 0 Å². The predicted molar refractivity (Wildman–Crippen MR) is 57.9 cm³/mol. The van der Waals surface area contributed by atoms with E-state index in [9.17, 15) is 4.79 Å². The minimum absolute atomic E-state index is 0.166. The molecule has 5 heteroatoms. The van der Waals surface area contributed by atoms with Crippen LogP contribution in [-0.2, 0) is 6.54 Å². The van der Waals surface area contributed by atoms with Gasteiger partial charge in [0.05, 0.1) is 0 Å². The fraction of sp³-hybridized carbons (Fsp3) is 0.333. The average Bonchev–Trinajstić information content (AvgIpc) is 2.10. The first kappa shape index (κ1) is 11.3. The summed E-state index contributed by atoms with van der Waals surface area (Å²) in [5.41, 5.74) is 2.17. The van der Waals surface area contributed by atoms with Crippen molar-refractivity contribution in [3.63, 3.8) is 0 Å². The smallest absolute Gasteiger partial charge is 0.255 e. The van der Waals surface area contributed by atoms with E-state index in [4.69, 9.17) is 23.2 Å². The van der Waals surface area contributed by atoms with E-state index in [2.05, 4.69) is 4.98 Å². The molecule has 0 N–H and O–H groups in total. The molecule has 0 aliphatic heterocycles. The maximum absolute atomic E-state index is 11.5. The van der Waals surface area contributed by atoms with Crippen LogP contribution in [0.2, 0.25) is 5.15 Å². The van der Waals surface area contributed by atoms with Crippen molar-refractivity contribution in [3.05, 3.63) is 38.5 Å². The highest BCUT2D eigenvalue weighted by atomic mass is 35.5. The van der Waals surface area contributed by atoms with Crippen molar-refractivity contribution in [2.45, 2.75) is 20.4 Å². The topological polar surface area (TPSA) is 34.9 Å². The third kappa shape index (κ3) is 2.59. The first-order valence-electron chi connectivity index (χ1n) is 4.04. The van der Waals surface area contributed by atoms with Crippen LogP contribution in [0.1, 0.15) is 12.7 Å². The van der Waals surface area contributed by atoms with E-state index in [1.807, 2.05) is 6.92 Å². The number of nitrogens with zero attached hydrogens (tertiary/aromatic N) is 2. The van der Waals surface area contributed by atoms with E-state index >= 15 is 0 Å². The second-order valence-electron chi connectivity index (χ2n) is 3.01. The summed E-state index contributed by atoms with van der Waals surface area (Å²) < 4.78 is 1.51. The summed E-state index contributed by atoms with van der Waals surface area (Å²) in [5.74, 6) is 0.584. The molecule has 0 saturated heterocycles. The molecular weight excluding hydrogens is 223 g/mol. The van der Waals surface area contributed by atoms with Crippen LogP contribution >= 0.6 is 23.2 Å². The van der Waals surface area contributed by atoms with Crippen LogP contribution in [-0.4, -0.2) is 9.55 Å². The molecule has 76 valence electrons. The van der Waals surface area contributed by atoms with Gasteiger partial charge in [0.25, 0.3) is 5.56 Å². The first-order valence-corrected chi connectivity index (χ1v) is 4.86. The lowest BCUT2D eigenvalue weighted by atomic mass is 10.3. The monoisotopic (exact) mass is 232 g/mol. The molecule has 0 unspecified atom stereocenters. The van der Waals surface area contributed by atoms with Gasteiger partial charge in [-0.3, -0.25) is 9.36 Å². The largest absolute Gasteiger partial charge is 0.293 e. The van der Waals surface area contributed by atoms with Crippen LogP contribution in [0, 0.1) is 6.92 Å². The molecule has 0 saturated carbocycles. The summed E-state index contributed by atoms with van der Waals surface area (Å²) in [5, 5.41) is 0.219. The summed E-state index contributed by atoms with van der Waals surface area (Å²) in [7, 11) is 0. The van der Waals surface area contributed by atoms with Crippen molar-refractivity contribution >= 4 is 23.2 Å². The lowest BCUT2D eigenvalue weighted by molar-refractivity contribution is 0.692. The molecule has 1 aromatic heterocycles. The van der Waals surface area contributed by atoms with Gasteiger partial charge < -0.3 is 0 Å². The molecule has 0 fully saturated rings. The van der Waals surface area contributed by atoms with Gasteiger partial charge in [0, 0.05) is 18.1 Å². The Balaban J connectivity index is 3.16. The summed E-state index contributed by atoms with van der Waals surface area (Å²) in [6, 6.07) is 1.29. The molecule has 1 heterocycles. The zero-order valence-corrected chi connectivity index (χ0v) is 9.43. The maximum Gasteiger partial charge on any atom is 0.255 e. The van der Waals surface area contributed by atoms with Crippen LogP contribution in [0.3, 0.4) is 0 Å². The van der Waals surface area contributed by atoms with Crippen LogP contribution in [0.5, 0.6) is 0 Å². The van der Waals surface area contributed by atoms with Crippen molar-refractivity contribution in [3.8, 4) is 0 Å². The van der Waals surface area contributed by atoms with E-state index in [-0.39, 0.29) is 10.7 Å². The van der Waals surface area contributed by atoms with Gasteiger partial charge in [0.15, 0.2) is 0 Å². The maximum atomic E-state index is 11.5. The van der Waals surface area contributed by atoms with Crippen molar-refractivity contribution in [2.75, 3.05) is 0 Å². The minimum Gasteiger partial charge on any atom is -0.293 e. The third-order valence-corrected chi connectivity index (χ3v) is 2.33. The Bertz CT molecular complexity index is 423. The molecule has 0 radical (unpaired) electrons. The van der Waals surface area contributed by atoms with Gasteiger partial charge >= 0.3 is 0 Å². The van der Waals surface area contributed by atoms with Crippen LogP contribution in [0.4, 0.5) is 0 Å². The Morgan fingerprint density at radius 3 is 2.86 bits per heavy atom. The predicted octanol–water partition coefficient (Wildman–Crippen LogP) is 2.35. The molecule has 3 nitrogen and oxygen atoms in total. The number of halogens is 2. The molecule has 0 aliphatic rings. The Morgan fingerprint density at radius 2 is 2.36 bits per heavy atom. The minimum atomic E-state index is -0.166. The number of rotatable bonds is 2. The van der Waals surface area contributed by atoms with E-state index < -0.39 is 0 Å². The summed E-state index contributed by atoms with van der Waals surface area (Å²) >= 11 is 11.1. The van der Waals surface area contributed by atoms with E-state index in [1.165, 1.54) is 16.2 Å². The Labute approximate surface area is 92.0 Å². The molecule has 0 atom stereocenters. The standard InChI is InChI=1S/C9H10Cl2N2O/c1-6(4-10)5-13-7(2)12-8(11)3-9(13)14/h3-4H,5H2,1-2H3/b6-4+. The van der Waals surface area contributed by atoms with Crippen molar-refractivity contribution in [2.24, 2.45) is 0 Å². The van der Waals surface area contributed by atoms with Gasteiger partial charge in [0.2, 0.25) is 0 Å². The molecule has 0 spiro atoms. The zero-order valence-electron chi connectivity index (χ0n) is 7.92. The Hall–Kier alpha value is -0.800. The van der Waals surface area contributed by atoms with Crippen LogP contribution in [0.15, 0.2) is 22.0 Å². The fourth-order valence-electron chi connectivity index (χ4n) is 1.06. The Morgan fingerprint density at radius 1 is 1.71 bits per heavy atom. The average molecular weight is 233 g/mol. The number of aromatic nitrogens is 2. The number of aryl methyl sites for hydroxylation is 1. The fourth-order valence-corrected chi connectivity index (χ4v) is 1.35. The van der Waals surface area contributed by atoms with Gasteiger partial charge in [0.1, 0.15) is 11.0 Å². The third-order valence-electron chi connectivity index (χ3n) is 1.76.